The number of carbonyl (C=O) groups excluding carboxylic acids is 2. The van der Waals surface area contributed by atoms with Gasteiger partial charge in [0.15, 0.2) is 0 Å². The highest BCUT2D eigenvalue weighted by Crippen LogP contribution is 2.37. The first-order chi connectivity index (χ1) is 13.9. The third kappa shape index (κ3) is 3.84. The van der Waals surface area contributed by atoms with E-state index in [-0.39, 0.29) is 23.0 Å². The molecule has 0 unspecified atom stereocenters. The van der Waals surface area contributed by atoms with Crippen LogP contribution in [0.3, 0.4) is 0 Å². The Morgan fingerprint density at radius 3 is 2.52 bits per heavy atom. The zero-order valence-electron chi connectivity index (χ0n) is 15.0. The van der Waals surface area contributed by atoms with Crippen LogP contribution in [-0.2, 0) is 4.79 Å². The summed E-state index contributed by atoms with van der Waals surface area (Å²) in [5.41, 5.74) is 1.90. The second-order valence-corrected chi connectivity index (χ2v) is 7.49. The molecule has 1 heterocycles. The molecule has 1 N–H and O–H groups in total. The molecular formula is C22H15Cl2FN2O2. The smallest absolute Gasteiger partial charge is 0.256 e. The molecule has 1 aliphatic rings. The molecule has 0 fully saturated rings. The Hall–Kier alpha value is -2.89. The van der Waals surface area contributed by atoms with Crippen LogP contribution in [0.1, 0.15) is 27.5 Å². The van der Waals surface area contributed by atoms with Crippen molar-refractivity contribution in [1.29, 1.82) is 0 Å². The van der Waals surface area contributed by atoms with Gasteiger partial charge in [-0.1, -0.05) is 53.5 Å². The highest BCUT2D eigenvalue weighted by Gasteiger charge is 2.34. The second-order valence-electron chi connectivity index (χ2n) is 6.65. The molecule has 2 amide bonds. The molecule has 4 nitrogen and oxygen atoms in total. The van der Waals surface area contributed by atoms with Crippen LogP contribution in [0.5, 0.6) is 0 Å². The maximum atomic E-state index is 14.1. The molecule has 146 valence electrons. The number of nitrogens with one attached hydrogen (secondary N) is 1. The number of benzene rings is 3. The number of nitrogens with zero attached hydrogens (tertiary/aromatic N) is 1. The van der Waals surface area contributed by atoms with Crippen molar-refractivity contribution in [2.45, 2.75) is 6.04 Å². The minimum Gasteiger partial charge on any atom is -0.324 e. The molecule has 0 bridgehead atoms. The van der Waals surface area contributed by atoms with E-state index in [1.54, 1.807) is 6.07 Å². The summed E-state index contributed by atoms with van der Waals surface area (Å²) in [6.45, 7) is -0.215. The van der Waals surface area contributed by atoms with Crippen molar-refractivity contribution in [3.63, 3.8) is 0 Å². The van der Waals surface area contributed by atoms with Crippen molar-refractivity contribution in [1.82, 2.24) is 4.90 Å². The van der Waals surface area contributed by atoms with Gasteiger partial charge in [-0.3, -0.25) is 9.59 Å². The van der Waals surface area contributed by atoms with Gasteiger partial charge in [-0.25, -0.2) is 4.39 Å². The van der Waals surface area contributed by atoms with Crippen molar-refractivity contribution in [2.24, 2.45) is 0 Å². The summed E-state index contributed by atoms with van der Waals surface area (Å²) in [7, 11) is 0. The number of hydrogen-bond acceptors (Lipinski definition) is 2. The first kappa shape index (κ1) is 19.4. The van der Waals surface area contributed by atoms with E-state index in [1.807, 2.05) is 30.3 Å². The summed E-state index contributed by atoms with van der Waals surface area (Å²) in [6.07, 6.45) is 0. The fraction of sp³-hybridized carbons (Fsp3) is 0.0909. The molecule has 0 saturated heterocycles. The zero-order valence-corrected chi connectivity index (χ0v) is 16.5. The Balaban J connectivity index is 1.90. The predicted molar refractivity (Wildman–Crippen MR) is 111 cm³/mol. The second kappa shape index (κ2) is 7.85. The summed E-state index contributed by atoms with van der Waals surface area (Å²) in [5, 5.41) is 3.33. The number of halogens is 3. The van der Waals surface area contributed by atoms with Crippen LogP contribution in [0, 0.1) is 5.82 Å². The normalized spacial score (nSPS) is 16.0. The molecule has 29 heavy (non-hydrogen) atoms. The van der Waals surface area contributed by atoms with Crippen molar-refractivity contribution < 1.29 is 14.0 Å². The number of hydrogen-bond donors (Lipinski definition) is 1. The number of carbonyl (C=O) groups is 2. The van der Waals surface area contributed by atoms with Gasteiger partial charge in [-0.15, -0.1) is 0 Å². The van der Waals surface area contributed by atoms with Gasteiger partial charge in [0.05, 0.1) is 16.6 Å². The third-order valence-corrected chi connectivity index (χ3v) is 5.29. The van der Waals surface area contributed by atoms with Crippen molar-refractivity contribution in [3.8, 4) is 0 Å². The van der Waals surface area contributed by atoms with Gasteiger partial charge >= 0.3 is 0 Å². The fourth-order valence-electron chi connectivity index (χ4n) is 3.48. The Labute approximate surface area is 176 Å². The van der Waals surface area contributed by atoms with Gasteiger partial charge in [0.1, 0.15) is 12.4 Å². The molecule has 0 aromatic heterocycles. The zero-order chi connectivity index (χ0) is 20.5. The molecule has 0 radical (unpaired) electrons. The lowest BCUT2D eigenvalue weighted by Gasteiger charge is -2.31. The van der Waals surface area contributed by atoms with Crippen LogP contribution in [0.4, 0.5) is 10.1 Å². The van der Waals surface area contributed by atoms with E-state index in [9.17, 15) is 14.0 Å². The molecule has 4 rings (SSSR count). The first-order valence-electron chi connectivity index (χ1n) is 8.84. The molecule has 1 aliphatic heterocycles. The molecule has 7 heteroatoms. The summed E-state index contributed by atoms with van der Waals surface area (Å²) in [4.78, 5) is 27.4. The van der Waals surface area contributed by atoms with Crippen LogP contribution < -0.4 is 5.32 Å². The van der Waals surface area contributed by atoms with Gasteiger partial charge in [-0.2, -0.15) is 0 Å². The monoisotopic (exact) mass is 428 g/mol. The predicted octanol–water partition coefficient (Wildman–Crippen LogP) is 5.32. The van der Waals surface area contributed by atoms with Gasteiger partial charge in [0.25, 0.3) is 5.91 Å². The van der Waals surface area contributed by atoms with E-state index in [2.05, 4.69) is 5.32 Å². The van der Waals surface area contributed by atoms with E-state index in [1.165, 1.54) is 35.2 Å². The maximum absolute atomic E-state index is 14.1. The molecule has 1 atom stereocenters. The lowest BCUT2D eigenvalue weighted by molar-refractivity contribution is -0.117. The highest BCUT2D eigenvalue weighted by molar-refractivity contribution is 6.36. The number of amides is 2. The van der Waals surface area contributed by atoms with Gasteiger partial charge in [-0.05, 0) is 42.0 Å². The Kier molecular flexibility index (Phi) is 5.26. The van der Waals surface area contributed by atoms with Crippen LogP contribution in [0.25, 0.3) is 0 Å². The average Bonchev–Trinajstić information content (AvgIpc) is 2.84. The SMILES string of the molecule is O=C1CN(C(=O)c2ccc(Cl)cc2Cl)[C@H](c2ccccc2)c2cc(F)ccc2N1. The standard InChI is InChI=1S/C22H15Cl2FN2O2/c23-14-6-8-16(18(24)10-14)22(29)27-12-20(28)26-19-9-7-15(25)11-17(19)21(27)13-4-2-1-3-5-13/h1-11,21H,12H2,(H,26,28)/t21-/m1/s1. The van der Waals surface area contributed by atoms with Gasteiger partial charge < -0.3 is 10.2 Å². The van der Waals surface area contributed by atoms with Gasteiger partial charge in [0, 0.05) is 16.3 Å². The number of fused-ring (bicyclic) bond motifs is 1. The lowest BCUT2D eigenvalue weighted by Crippen LogP contribution is -2.39. The van der Waals surface area contributed by atoms with Crippen LogP contribution in [0.2, 0.25) is 10.0 Å². The summed E-state index contributed by atoms with van der Waals surface area (Å²) < 4.78 is 14.1. The van der Waals surface area contributed by atoms with Gasteiger partial charge in [0.2, 0.25) is 5.91 Å². The molecule has 3 aromatic rings. The summed E-state index contributed by atoms with van der Waals surface area (Å²) in [5.74, 6) is -1.29. The number of anilines is 1. The lowest BCUT2D eigenvalue weighted by atomic mass is 9.95. The third-order valence-electron chi connectivity index (χ3n) is 4.75. The maximum Gasteiger partial charge on any atom is 0.256 e. The van der Waals surface area contributed by atoms with Crippen molar-refractivity contribution >= 4 is 40.7 Å². The minimum absolute atomic E-state index is 0.179. The quantitative estimate of drug-likeness (QED) is 0.600. The topological polar surface area (TPSA) is 49.4 Å². The average molecular weight is 429 g/mol. The molecule has 3 aromatic carbocycles. The van der Waals surface area contributed by atoms with Crippen LogP contribution >= 0.6 is 23.2 Å². The van der Waals surface area contributed by atoms with E-state index < -0.39 is 17.8 Å². The molecule has 0 spiro atoms. The van der Waals surface area contributed by atoms with E-state index in [4.69, 9.17) is 23.2 Å². The Morgan fingerprint density at radius 2 is 1.79 bits per heavy atom. The van der Waals surface area contributed by atoms with E-state index in [0.29, 0.717) is 16.3 Å². The molecule has 0 saturated carbocycles. The van der Waals surface area contributed by atoms with E-state index >= 15 is 0 Å². The van der Waals surface area contributed by atoms with Crippen LogP contribution in [-0.4, -0.2) is 23.3 Å². The summed E-state index contributed by atoms with van der Waals surface area (Å²) >= 11 is 12.2. The Bertz CT molecular complexity index is 1110. The van der Waals surface area contributed by atoms with Crippen LogP contribution in [0.15, 0.2) is 66.7 Å². The minimum atomic E-state index is -0.680. The van der Waals surface area contributed by atoms with Crippen molar-refractivity contribution in [2.75, 3.05) is 11.9 Å². The Morgan fingerprint density at radius 1 is 1.03 bits per heavy atom. The largest absolute Gasteiger partial charge is 0.324 e. The molecular weight excluding hydrogens is 414 g/mol. The number of rotatable bonds is 2. The fourth-order valence-corrected chi connectivity index (χ4v) is 3.97. The molecule has 0 aliphatic carbocycles. The summed E-state index contributed by atoms with van der Waals surface area (Å²) in [6, 6.07) is 17.1. The van der Waals surface area contributed by atoms with Crippen molar-refractivity contribution in [3.05, 3.63) is 99.3 Å². The van der Waals surface area contributed by atoms with E-state index in [0.717, 1.165) is 5.56 Å². The highest BCUT2D eigenvalue weighted by atomic mass is 35.5. The first-order valence-corrected chi connectivity index (χ1v) is 9.60.